The number of hydrogen-bond donors (Lipinski definition) is 2. The van der Waals surface area contributed by atoms with E-state index in [9.17, 15) is 9.90 Å². The van der Waals surface area contributed by atoms with Gasteiger partial charge in [-0.15, -0.1) is 11.8 Å². The van der Waals surface area contributed by atoms with Crippen LogP contribution in [0, 0.1) is 4.77 Å². The molecular weight excluding hydrogens is 414 g/mol. The Morgan fingerprint density at radius 1 is 1.25 bits per heavy atom. The van der Waals surface area contributed by atoms with E-state index in [4.69, 9.17) is 28.8 Å². The molecule has 0 aliphatic carbocycles. The summed E-state index contributed by atoms with van der Waals surface area (Å²) in [4.78, 5) is 21.0. The maximum Gasteiger partial charge on any atom is 0.264 e. The number of aromatic hydroxyl groups is 1. The van der Waals surface area contributed by atoms with E-state index < -0.39 is 5.56 Å². The van der Waals surface area contributed by atoms with Crippen molar-refractivity contribution < 1.29 is 5.11 Å². The van der Waals surface area contributed by atoms with E-state index in [-0.39, 0.29) is 21.5 Å². The fraction of sp³-hybridized carbons (Fsp3) is 0.150. The van der Waals surface area contributed by atoms with Crippen LogP contribution in [0.1, 0.15) is 22.8 Å². The highest BCUT2D eigenvalue weighted by Gasteiger charge is 2.26. The number of halogens is 1. The van der Waals surface area contributed by atoms with E-state index in [1.54, 1.807) is 18.8 Å². The lowest BCUT2D eigenvalue weighted by molar-refractivity contribution is 0.419. The van der Waals surface area contributed by atoms with Gasteiger partial charge in [-0.05, 0) is 42.0 Å². The molecule has 0 radical (unpaired) electrons. The van der Waals surface area contributed by atoms with Crippen LogP contribution < -0.4 is 5.56 Å². The number of nitrogens with zero attached hydrogens (tertiary/aromatic N) is 2. The first-order valence-corrected chi connectivity index (χ1v) is 10.2. The molecule has 0 fully saturated rings. The first-order chi connectivity index (χ1) is 13.4. The van der Waals surface area contributed by atoms with Crippen LogP contribution in [0.4, 0.5) is 5.69 Å². The van der Waals surface area contributed by atoms with Gasteiger partial charge < -0.3 is 5.11 Å². The van der Waals surface area contributed by atoms with E-state index in [2.05, 4.69) is 4.98 Å². The average Bonchev–Trinajstić information content (AvgIpc) is 2.86. The third kappa shape index (κ3) is 3.53. The standard InChI is InChI=1S/C20H16ClN3O2S2/c1-24-19(26)17(18(25)23-20(24)27)14-10-16(11-6-8-12(21)9-7-11)28-15-5-3-2-4-13(15)22-14/h2-9,16,26H,10H2,1H3,(H,23,25,27). The molecule has 8 heteroatoms. The lowest BCUT2D eigenvalue weighted by atomic mass is 10.0. The lowest BCUT2D eigenvalue weighted by Gasteiger charge is -2.17. The third-order valence-corrected chi connectivity index (χ3v) is 6.54. The molecule has 1 aromatic heterocycles. The zero-order valence-electron chi connectivity index (χ0n) is 14.8. The Kier molecular flexibility index (Phi) is 5.14. The summed E-state index contributed by atoms with van der Waals surface area (Å²) in [5.74, 6) is -0.188. The van der Waals surface area contributed by atoms with Gasteiger partial charge in [0.25, 0.3) is 5.56 Å². The molecule has 1 aliphatic rings. The van der Waals surface area contributed by atoms with Crippen molar-refractivity contribution in [1.29, 1.82) is 0 Å². The second-order valence-electron chi connectivity index (χ2n) is 6.41. The SMILES string of the molecule is Cn1c(O)c(C2=Nc3ccccc3SC(c3ccc(Cl)cc3)C2)c(=O)[nH]c1=S. The number of rotatable bonds is 2. The second-order valence-corrected chi connectivity index (χ2v) is 8.47. The predicted octanol–water partition coefficient (Wildman–Crippen LogP) is 5.16. The molecule has 0 bridgehead atoms. The maximum absolute atomic E-state index is 12.6. The summed E-state index contributed by atoms with van der Waals surface area (Å²) in [6, 6.07) is 15.4. The topological polar surface area (TPSA) is 70.4 Å². The lowest BCUT2D eigenvalue weighted by Crippen LogP contribution is -2.23. The van der Waals surface area contributed by atoms with Crippen LogP contribution in [-0.2, 0) is 7.05 Å². The number of para-hydroxylation sites is 1. The van der Waals surface area contributed by atoms with Crippen molar-refractivity contribution in [2.24, 2.45) is 12.0 Å². The van der Waals surface area contributed by atoms with Gasteiger partial charge in [-0.25, -0.2) is 0 Å². The van der Waals surface area contributed by atoms with E-state index in [1.807, 2.05) is 48.5 Å². The Labute approximate surface area is 175 Å². The molecule has 0 saturated carbocycles. The van der Waals surface area contributed by atoms with E-state index in [1.165, 1.54) is 4.57 Å². The van der Waals surface area contributed by atoms with Crippen LogP contribution in [0.3, 0.4) is 0 Å². The molecule has 1 unspecified atom stereocenters. The van der Waals surface area contributed by atoms with Crippen LogP contribution in [-0.4, -0.2) is 20.4 Å². The summed E-state index contributed by atoms with van der Waals surface area (Å²) < 4.78 is 1.53. The molecule has 3 aromatic rings. The molecule has 0 amide bonds. The summed E-state index contributed by atoms with van der Waals surface area (Å²) in [6.45, 7) is 0. The Hall–Kier alpha value is -2.35. The third-order valence-electron chi connectivity index (χ3n) is 4.59. The predicted molar refractivity (Wildman–Crippen MR) is 116 cm³/mol. The van der Waals surface area contributed by atoms with Gasteiger partial charge >= 0.3 is 0 Å². The van der Waals surface area contributed by atoms with Gasteiger partial charge in [0.2, 0.25) is 5.88 Å². The molecular formula is C20H16ClN3O2S2. The molecule has 2 aromatic carbocycles. The smallest absolute Gasteiger partial charge is 0.264 e. The number of aromatic amines is 1. The van der Waals surface area contributed by atoms with Crippen molar-refractivity contribution in [3.8, 4) is 5.88 Å². The van der Waals surface area contributed by atoms with Crippen LogP contribution in [0.2, 0.25) is 5.02 Å². The molecule has 0 spiro atoms. The molecule has 142 valence electrons. The Morgan fingerprint density at radius 2 is 1.96 bits per heavy atom. The zero-order chi connectivity index (χ0) is 19.8. The summed E-state index contributed by atoms with van der Waals surface area (Å²) in [7, 11) is 1.60. The van der Waals surface area contributed by atoms with Crippen LogP contribution in [0.25, 0.3) is 0 Å². The first-order valence-electron chi connectivity index (χ1n) is 8.55. The van der Waals surface area contributed by atoms with Gasteiger partial charge in [0, 0.05) is 28.6 Å². The second kappa shape index (κ2) is 7.58. The molecule has 5 nitrogen and oxygen atoms in total. The minimum absolute atomic E-state index is 0.00644. The van der Waals surface area contributed by atoms with Crippen LogP contribution in [0.15, 0.2) is 63.2 Å². The highest BCUT2D eigenvalue weighted by molar-refractivity contribution is 7.99. The number of aliphatic imine (C=N–C) groups is 1. The van der Waals surface area contributed by atoms with Crippen LogP contribution in [0.5, 0.6) is 5.88 Å². The molecule has 0 saturated heterocycles. The quantitative estimate of drug-likeness (QED) is 0.552. The monoisotopic (exact) mass is 429 g/mol. The fourth-order valence-electron chi connectivity index (χ4n) is 3.10. The average molecular weight is 430 g/mol. The Bertz CT molecular complexity index is 1200. The number of hydrogen-bond acceptors (Lipinski definition) is 5. The number of thioether (sulfide) groups is 1. The Morgan fingerprint density at radius 3 is 2.71 bits per heavy atom. The van der Waals surface area contributed by atoms with Crippen molar-refractivity contribution in [2.75, 3.05) is 0 Å². The van der Waals surface area contributed by atoms with Gasteiger partial charge in [-0.3, -0.25) is 19.3 Å². The van der Waals surface area contributed by atoms with Gasteiger partial charge in [0.1, 0.15) is 5.56 Å². The number of fused-ring (bicyclic) bond motifs is 1. The van der Waals surface area contributed by atoms with Crippen molar-refractivity contribution >= 4 is 47.0 Å². The highest BCUT2D eigenvalue weighted by Crippen LogP contribution is 2.45. The maximum atomic E-state index is 12.6. The first kappa shape index (κ1) is 19.0. The van der Waals surface area contributed by atoms with Gasteiger partial charge in [0.05, 0.1) is 11.4 Å². The molecule has 1 atom stereocenters. The van der Waals surface area contributed by atoms with Crippen molar-refractivity contribution in [3.05, 3.63) is 79.8 Å². The molecule has 2 heterocycles. The number of benzene rings is 2. The van der Waals surface area contributed by atoms with Crippen LogP contribution >= 0.6 is 35.6 Å². The minimum atomic E-state index is -0.446. The zero-order valence-corrected chi connectivity index (χ0v) is 17.2. The number of H-pyrrole nitrogens is 1. The molecule has 4 rings (SSSR count). The van der Waals surface area contributed by atoms with Crippen molar-refractivity contribution in [3.63, 3.8) is 0 Å². The molecule has 28 heavy (non-hydrogen) atoms. The number of aromatic nitrogens is 2. The highest BCUT2D eigenvalue weighted by atomic mass is 35.5. The van der Waals surface area contributed by atoms with E-state index in [0.717, 1.165) is 16.1 Å². The van der Waals surface area contributed by atoms with Gasteiger partial charge in [-0.1, -0.05) is 35.9 Å². The molecule has 2 N–H and O–H groups in total. The fourth-order valence-corrected chi connectivity index (χ4v) is 4.64. The summed E-state index contributed by atoms with van der Waals surface area (Å²) in [5.41, 5.74) is 2.05. The largest absolute Gasteiger partial charge is 0.494 e. The van der Waals surface area contributed by atoms with Crippen molar-refractivity contribution in [2.45, 2.75) is 16.6 Å². The van der Waals surface area contributed by atoms with Gasteiger partial charge in [-0.2, -0.15) is 0 Å². The molecule has 1 aliphatic heterocycles. The van der Waals surface area contributed by atoms with Crippen molar-refractivity contribution in [1.82, 2.24) is 9.55 Å². The van der Waals surface area contributed by atoms with Gasteiger partial charge in [0.15, 0.2) is 4.77 Å². The number of nitrogens with one attached hydrogen (secondary N) is 1. The summed E-state index contributed by atoms with van der Waals surface area (Å²) >= 11 is 12.8. The van der Waals surface area contributed by atoms with E-state index in [0.29, 0.717) is 17.2 Å². The summed E-state index contributed by atoms with van der Waals surface area (Å²) in [5, 5.41) is 11.3. The minimum Gasteiger partial charge on any atom is -0.494 e. The summed E-state index contributed by atoms with van der Waals surface area (Å²) in [6.07, 6.45) is 0.467. The van der Waals surface area contributed by atoms with E-state index >= 15 is 0 Å². The Balaban J connectivity index is 1.90. The normalized spacial score (nSPS) is 16.2.